The molecule has 25 heavy (non-hydrogen) atoms. The summed E-state index contributed by atoms with van der Waals surface area (Å²) < 4.78 is 0. The van der Waals surface area contributed by atoms with Crippen LogP contribution in [0.1, 0.15) is 46.5 Å². The Hall–Kier alpha value is -1.30. The van der Waals surface area contributed by atoms with Gasteiger partial charge in [0.2, 0.25) is 5.91 Å². The molecule has 6 heteroatoms. The molecule has 2 heterocycles. The number of piperidine rings is 1. The van der Waals surface area contributed by atoms with Crippen molar-refractivity contribution in [2.24, 2.45) is 16.8 Å². The Labute approximate surface area is 153 Å². The topological polar surface area (TPSA) is 60.0 Å². The maximum atomic E-state index is 12.1. The molecule has 0 aromatic heterocycles. The van der Waals surface area contributed by atoms with Gasteiger partial charge < -0.3 is 20.4 Å². The summed E-state index contributed by atoms with van der Waals surface area (Å²) in [7, 11) is 1.81. The van der Waals surface area contributed by atoms with E-state index in [4.69, 9.17) is 0 Å². The third-order valence-electron chi connectivity index (χ3n) is 5.24. The molecule has 0 aromatic rings. The van der Waals surface area contributed by atoms with Gasteiger partial charge in [0.1, 0.15) is 0 Å². The zero-order valence-corrected chi connectivity index (χ0v) is 16.6. The number of nitrogens with zero attached hydrogens (tertiary/aromatic N) is 3. The minimum Gasteiger partial charge on any atom is -0.356 e. The minimum atomic E-state index is 0.0775. The SMILES string of the molecule is CN=C(NCCCN1CCCC(C)C1)NC1CCN(C(=O)C(C)C)C1. The molecule has 2 unspecified atom stereocenters. The van der Waals surface area contributed by atoms with Crippen LogP contribution < -0.4 is 10.6 Å². The number of rotatable bonds is 6. The van der Waals surface area contributed by atoms with Gasteiger partial charge in [-0.2, -0.15) is 0 Å². The van der Waals surface area contributed by atoms with Crippen LogP contribution >= 0.6 is 0 Å². The van der Waals surface area contributed by atoms with Crippen molar-refractivity contribution < 1.29 is 4.79 Å². The van der Waals surface area contributed by atoms with Gasteiger partial charge in [-0.3, -0.25) is 9.79 Å². The van der Waals surface area contributed by atoms with Gasteiger partial charge in [0, 0.05) is 45.2 Å². The van der Waals surface area contributed by atoms with E-state index in [0.717, 1.165) is 50.9 Å². The van der Waals surface area contributed by atoms with Crippen molar-refractivity contribution in [3.8, 4) is 0 Å². The van der Waals surface area contributed by atoms with Crippen LogP contribution in [-0.2, 0) is 4.79 Å². The lowest BCUT2D eigenvalue weighted by Crippen LogP contribution is -2.46. The van der Waals surface area contributed by atoms with E-state index in [-0.39, 0.29) is 11.8 Å². The molecule has 2 N–H and O–H groups in total. The average molecular weight is 352 g/mol. The zero-order chi connectivity index (χ0) is 18.2. The fourth-order valence-electron chi connectivity index (χ4n) is 3.83. The summed E-state index contributed by atoms with van der Waals surface area (Å²) >= 11 is 0. The fourth-order valence-corrected chi connectivity index (χ4v) is 3.83. The summed E-state index contributed by atoms with van der Waals surface area (Å²) in [5.74, 6) is 2.03. The average Bonchev–Trinajstić information content (AvgIpc) is 3.05. The van der Waals surface area contributed by atoms with Crippen LogP contribution in [0.25, 0.3) is 0 Å². The largest absolute Gasteiger partial charge is 0.356 e. The third-order valence-corrected chi connectivity index (χ3v) is 5.24. The van der Waals surface area contributed by atoms with Gasteiger partial charge in [0.25, 0.3) is 0 Å². The first-order chi connectivity index (χ1) is 12.0. The summed E-state index contributed by atoms with van der Waals surface area (Å²) in [6.07, 6.45) is 4.84. The molecular weight excluding hydrogens is 314 g/mol. The van der Waals surface area contributed by atoms with Crippen molar-refractivity contribution in [2.75, 3.05) is 46.3 Å². The van der Waals surface area contributed by atoms with Crippen LogP contribution in [0.3, 0.4) is 0 Å². The quantitative estimate of drug-likeness (QED) is 0.433. The molecule has 6 nitrogen and oxygen atoms in total. The number of carbonyl (C=O) groups excluding carboxylic acids is 1. The molecule has 0 aliphatic carbocycles. The molecule has 2 aliphatic heterocycles. The van der Waals surface area contributed by atoms with Crippen molar-refractivity contribution in [3.05, 3.63) is 0 Å². The van der Waals surface area contributed by atoms with E-state index in [1.807, 2.05) is 25.8 Å². The van der Waals surface area contributed by atoms with Crippen molar-refractivity contribution in [3.63, 3.8) is 0 Å². The lowest BCUT2D eigenvalue weighted by Gasteiger charge is -2.30. The Balaban J connectivity index is 1.63. The first-order valence-corrected chi connectivity index (χ1v) is 9.98. The van der Waals surface area contributed by atoms with E-state index in [1.165, 1.54) is 25.9 Å². The second-order valence-electron chi connectivity index (χ2n) is 7.97. The molecule has 1 amide bonds. The van der Waals surface area contributed by atoms with Gasteiger partial charge in [0.05, 0.1) is 0 Å². The number of hydrogen-bond donors (Lipinski definition) is 2. The summed E-state index contributed by atoms with van der Waals surface area (Å²) in [5, 5.41) is 6.89. The summed E-state index contributed by atoms with van der Waals surface area (Å²) in [4.78, 5) is 21.0. The van der Waals surface area contributed by atoms with E-state index in [0.29, 0.717) is 6.04 Å². The molecule has 0 spiro atoms. The molecule has 2 rings (SSSR count). The smallest absolute Gasteiger partial charge is 0.225 e. The number of hydrogen-bond acceptors (Lipinski definition) is 3. The highest BCUT2D eigenvalue weighted by atomic mass is 16.2. The van der Waals surface area contributed by atoms with Gasteiger partial charge in [-0.05, 0) is 44.7 Å². The lowest BCUT2D eigenvalue weighted by molar-refractivity contribution is -0.133. The molecule has 144 valence electrons. The second kappa shape index (κ2) is 10.00. The Morgan fingerprint density at radius 1 is 1.24 bits per heavy atom. The van der Waals surface area contributed by atoms with E-state index < -0.39 is 0 Å². The van der Waals surface area contributed by atoms with Crippen molar-refractivity contribution in [1.82, 2.24) is 20.4 Å². The van der Waals surface area contributed by atoms with Crippen LogP contribution in [0.2, 0.25) is 0 Å². The van der Waals surface area contributed by atoms with Crippen LogP contribution in [0.15, 0.2) is 4.99 Å². The van der Waals surface area contributed by atoms with Crippen molar-refractivity contribution in [2.45, 2.75) is 52.5 Å². The van der Waals surface area contributed by atoms with Gasteiger partial charge >= 0.3 is 0 Å². The molecule has 2 fully saturated rings. The van der Waals surface area contributed by atoms with Crippen LogP contribution in [0.5, 0.6) is 0 Å². The Morgan fingerprint density at radius 2 is 2.04 bits per heavy atom. The number of amides is 1. The second-order valence-corrected chi connectivity index (χ2v) is 7.97. The van der Waals surface area contributed by atoms with E-state index in [2.05, 4.69) is 27.4 Å². The minimum absolute atomic E-state index is 0.0775. The maximum absolute atomic E-state index is 12.1. The molecule has 2 aliphatic rings. The first-order valence-electron chi connectivity index (χ1n) is 9.98. The van der Waals surface area contributed by atoms with E-state index >= 15 is 0 Å². The number of likely N-dealkylation sites (tertiary alicyclic amines) is 2. The molecule has 2 atom stereocenters. The van der Waals surface area contributed by atoms with E-state index in [1.54, 1.807) is 0 Å². The molecule has 0 saturated carbocycles. The van der Waals surface area contributed by atoms with E-state index in [9.17, 15) is 4.79 Å². The number of aliphatic imine (C=N–C) groups is 1. The Kier molecular flexibility index (Phi) is 8.00. The molecule has 0 aromatic carbocycles. The maximum Gasteiger partial charge on any atom is 0.225 e. The third kappa shape index (κ3) is 6.49. The van der Waals surface area contributed by atoms with Crippen molar-refractivity contribution >= 4 is 11.9 Å². The lowest BCUT2D eigenvalue weighted by atomic mass is 10.0. The van der Waals surface area contributed by atoms with Gasteiger partial charge in [-0.1, -0.05) is 20.8 Å². The molecule has 0 bridgehead atoms. The normalized spacial score (nSPS) is 25.5. The van der Waals surface area contributed by atoms with Crippen LogP contribution in [0, 0.1) is 11.8 Å². The highest BCUT2D eigenvalue weighted by Gasteiger charge is 2.27. The molecular formula is C19H37N5O. The number of carbonyl (C=O) groups is 1. The highest BCUT2D eigenvalue weighted by molar-refractivity contribution is 5.81. The number of guanidine groups is 1. The first kappa shape index (κ1) is 20.0. The van der Waals surface area contributed by atoms with Gasteiger partial charge in [-0.15, -0.1) is 0 Å². The number of nitrogens with one attached hydrogen (secondary N) is 2. The standard InChI is InChI=1S/C19H37N5O/c1-15(2)18(25)24-12-8-17(14-24)22-19(20-4)21-9-6-11-23-10-5-7-16(3)13-23/h15-17H,5-14H2,1-4H3,(H2,20,21,22). The summed E-state index contributed by atoms with van der Waals surface area (Å²) in [6.45, 7) is 12.5. The van der Waals surface area contributed by atoms with Crippen molar-refractivity contribution in [1.29, 1.82) is 0 Å². The Morgan fingerprint density at radius 3 is 2.72 bits per heavy atom. The van der Waals surface area contributed by atoms with Crippen LogP contribution in [0.4, 0.5) is 0 Å². The predicted molar refractivity (Wildman–Crippen MR) is 104 cm³/mol. The zero-order valence-electron chi connectivity index (χ0n) is 16.6. The monoisotopic (exact) mass is 351 g/mol. The Bertz CT molecular complexity index is 451. The predicted octanol–water partition coefficient (Wildman–Crippen LogP) is 1.53. The molecule has 0 radical (unpaired) electrons. The highest BCUT2D eigenvalue weighted by Crippen LogP contribution is 2.15. The van der Waals surface area contributed by atoms with Gasteiger partial charge in [0.15, 0.2) is 5.96 Å². The van der Waals surface area contributed by atoms with Crippen LogP contribution in [-0.4, -0.2) is 74.0 Å². The summed E-state index contributed by atoms with van der Waals surface area (Å²) in [5.41, 5.74) is 0. The summed E-state index contributed by atoms with van der Waals surface area (Å²) in [6, 6.07) is 0.303. The molecule has 2 saturated heterocycles. The van der Waals surface area contributed by atoms with Gasteiger partial charge in [-0.25, -0.2) is 0 Å². The fraction of sp³-hybridized carbons (Fsp3) is 0.895.